The summed E-state index contributed by atoms with van der Waals surface area (Å²) in [6, 6.07) is 20.3. The van der Waals surface area contributed by atoms with Crippen molar-refractivity contribution in [2.24, 2.45) is 0 Å². The van der Waals surface area contributed by atoms with E-state index in [0.717, 1.165) is 68.2 Å². The van der Waals surface area contributed by atoms with E-state index in [-0.39, 0.29) is 5.91 Å². The van der Waals surface area contributed by atoms with Crippen LogP contribution in [0.2, 0.25) is 0 Å². The predicted molar refractivity (Wildman–Crippen MR) is 146 cm³/mol. The predicted octanol–water partition coefficient (Wildman–Crippen LogP) is 4.67. The summed E-state index contributed by atoms with van der Waals surface area (Å²) in [4.78, 5) is 19.2. The van der Waals surface area contributed by atoms with Gasteiger partial charge in [-0.2, -0.15) is 5.10 Å². The number of pyridine rings is 1. The zero-order chi connectivity index (χ0) is 25.3. The van der Waals surface area contributed by atoms with E-state index in [4.69, 9.17) is 4.74 Å². The normalized spacial score (nSPS) is 14.2. The van der Waals surface area contributed by atoms with Gasteiger partial charge < -0.3 is 10.1 Å². The molecule has 7 heteroatoms. The van der Waals surface area contributed by atoms with Crippen LogP contribution in [0.15, 0.2) is 91.5 Å². The van der Waals surface area contributed by atoms with E-state index < -0.39 is 0 Å². The second kappa shape index (κ2) is 12.3. The Morgan fingerprint density at radius 2 is 1.78 bits per heavy atom. The SMILES string of the molecule is O=C(/C=C/c1cnccc1-c1cnn(CCc2ccccc2)c1)Nc1ccc(CN2CCOCC2)cc1. The highest BCUT2D eigenvalue weighted by molar-refractivity contribution is 6.02. The summed E-state index contributed by atoms with van der Waals surface area (Å²) in [5.74, 6) is -0.186. The van der Waals surface area contributed by atoms with Gasteiger partial charge in [-0.25, -0.2) is 0 Å². The lowest BCUT2D eigenvalue weighted by atomic mass is 10.0. The number of nitrogens with zero attached hydrogens (tertiary/aromatic N) is 4. The number of amides is 1. The third-order valence-electron chi connectivity index (χ3n) is 6.41. The van der Waals surface area contributed by atoms with Crippen LogP contribution in [0.5, 0.6) is 0 Å². The van der Waals surface area contributed by atoms with E-state index in [1.165, 1.54) is 11.1 Å². The second-order valence-corrected chi connectivity index (χ2v) is 9.10. The molecule has 0 unspecified atom stereocenters. The van der Waals surface area contributed by atoms with Crippen molar-refractivity contribution >= 4 is 17.7 Å². The summed E-state index contributed by atoms with van der Waals surface area (Å²) in [6.07, 6.45) is 11.7. The molecule has 0 radical (unpaired) electrons. The zero-order valence-electron chi connectivity index (χ0n) is 20.8. The van der Waals surface area contributed by atoms with Gasteiger partial charge in [0.1, 0.15) is 0 Å². The minimum Gasteiger partial charge on any atom is -0.379 e. The Bertz CT molecular complexity index is 1330. The monoisotopic (exact) mass is 493 g/mol. The lowest BCUT2D eigenvalue weighted by Crippen LogP contribution is -2.35. The van der Waals surface area contributed by atoms with Crippen LogP contribution in [0.1, 0.15) is 16.7 Å². The molecule has 7 nitrogen and oxygen atoms in total. The van der Waals surface area contributed by atoms with Crippen LogP contribution in [-0.4, -0.2) is 51.9 Å². The largest absolute Gasteiger partial charge is 0.379 e. The second-order valence-electron chi connectivity index (χ2n) is 9.10. The average Bonchev–Trinajstić information content (AvgIpc) is 3.42. The fourth-order valence-corrected chi connectivity index (χ4v) is 4.38. The van der Waals surface area contributed by atoms with Gasteiger partial charge in [0.2, 0.25) is 5.91 Å². The van der Waals surface area contributed by atoms with Crippen molar-refractivity contribution in [3.05, 3.63) is 108 Å². The van der Waals surface area contributed by atoms with Crippen LogP contribution in [-0.2, 0) is 29.0 Å². The van der Waals surface area contributed by atoms with Crippen LogP contribution >= 0.6 is 0 Å². The molecule has 0 aliphatic carbocycles. The number of rotatable bonds is 9. The molecule has 0 bridgehead atoms. The lowest BCUT2D eigenvalue weighted by molar-refractivity contribution is -0.111. The van der Waals surface area contributed by atoms with Crippen LogP contribution in [0.25, 0.3) is 17.2 Å². The van der Waals surface area contributed by atoms with E-state index in [1.54, 1.807) is 24.5 Å². The Morgan fingerprint density at radius 1 is 0.973 bits per heavy atom. The summed E-state index contributed by atoms with van der Waals surface area (Å²) in [7, 11) is 0. The van der Waals surface area contributed by atoms with Gasteiger partial charge in [0.25, 0.3) is 0 Å². The van der Waals surface area contributed by atoms with E-state index >= 15 is 0 Å². The maximum absolute atomic E-state index is 12.6. The third-order valence-corrected chi connectivity index (χ3v) is 6.41. The van der Waals surface area contributed by atoms with Gasteiger partial charge in [-0.15, -0.1) is 0 Å². The van der Waals surface area contributed by atoms with Gasteiger partial charge in [-0.3, -0.25) is 19.4 Å². The smallest absolute Gasteiger partial charge is 0.248 e. The average molecular weight is 494 g/mol. The Balaban J connectivity index is 1.18. The van der Waals surface area contributed by atoms with E-state index in [1.807, 2.05) is 41.3 Å². The van der Waals surface area contributed by atoms with Gasteiger partial charge >= 0.3 is 0 Å². The number of hydrogen-bond donors (Lipinski definition) is 1. The van der Waals surface area contributed by atoms with Crippen molar-refractivity contribution in [3.8, 4) is 11.1 Å². The minimum atomic E-state index is -0.186. The number of aromatic nitrogens is 3. The molecule has 2 aromatic heterocycles. The molecule has 0 spiro atoms. The number of morpholine rings is 1. The number of aryl methyl sites for hydroxylation is 2. The molecule has 0 saturated carbocycles. The molecule has 1 amide bonds. The van der Waals surface area contributed by atoms with E-state index in [2.05, 4.69) is 56.7 Å². The Hall–Kier alpha value is -4.07. The van der Waals surface area contributed by atoms with Crippen molar-refractivity contribution < 1.29 is 9.53 Å². The Morgan fingerprint density at radius 3 is 2.59 bits per heavy atom. The first kappa shape index (κ1) is 24.6. The quantitative estimate of drug-likeness (QED) is 0.343. The van der Waals surface area contributed by atoms with Crippen LogP contribution in [0.3, 0.4) is 0 Å². The summed E-state index contributed by atoms with van der Waals surface area (Å²) in [6.45, 7) is 5.17. The molecule has 5 rings (SSSR count). The van der Waals surface area contributed by atoms with Gasteiger partial charge in [0, 0.05) is 67.7 Å². The molecular formula is C30H31N5O2. The first-order valence-electron chi connectivity index (χ1n) is 12.6. The molecule has 1 saturated heterocycles. The summed E-state index contributed by atoms with van der Waals surface area (Å²) < 4.78 is 7.36. The van der Waals surface area contributed by atoms with Gasteiger partial charge in [-0.05, 0) is 47.4 Å². The van der Waals surface area contributed by atoms with E-state index in [9.17, 15) is 4.79 Å². The molecular weight excluding hydrogens is 462 g/mol. The topological polar surface area (TPSA) is 72.3 Å². The summed E-state index contributed by atoms with van der Waals surface area (Å²) in [5, 5.41) is 7.47. The highest BCUT2D eigenvalue weighted by Crippen LogP contribution is 2.24. The number of anilines is 1. The molecule has 37 heavy (non-hydrogen) atoms. The first-order valence-corrected chi connectivity index (χ1v) is 12.6. The maximum Gasteiger partial charge on any atom is 0.248 e. The van der Waals surface area contributed by atoms with Crippen molar-refractivity contribution in [1.82, 2.24) is 19.7 Å². The molecule has 1 N–H and O–H groups in total. The summed E-state index contributed by atoms with van der Waals surface area (Å²) >= 11 is 0. The molecule has 1 aliphatic rings. The molecule has 1 aliphatic heterocycles. The number of ether oxygens (including phenoxy) is 1. The highest BCUT2D eigenvalue weighted by atomic mass is 16.5. The fourth-order valence-electron chi connectivity index (χ4n) is 4.38. The maximum atomic E-state index is 12.6. The number of hydrogen-bond acceptors (Lipinski definition) is 5. The fraction of sp³-hybridized carbons (Fsp3) is 0.233. The van der Waals surface area contributed by atoms with Gasteiger partial charge in [0.15, 0.2) is 0 Å². The number of carbonyl (C=O) groups excluding carboxylic acids is 1. The van der Waals surface area contributed by atoms with Crippen molar-refractivity contribution in [2.45, 2.75) is 19.5 Å². The lowest BCUT2D eigenvalue weighted by Gasteiger charge is -2.26. The van der Waals surface area contributed by atoms with Crippen LogP contribution in [0.4, 0.5) is 5.69 Å². The van der Waals surface area contributed by atoms with Crippen molar-refractivity contribution in [3.63, 3.8) is 0 Å². The highest BCUT2D eigenvalue weighted by Gasteiger charge is 2.11. The molecule has 3 heterocycles. The third kappa shape index (κ3) is 7.00. The standard InChI is InChI=1S/C30H31N5O2/c36-30(33-28-9-6-25(7-10-28)22-34-16-18-37-19-17-34)11-8-26-20-31-14-12-29(26)27-21-32-35(23-27)15-13-24-4-2-1-3-5-24/h1-12,14,20-21,23H,13,15-19,22H2,(H,33,36)/b11-8+. The summed E-state index contributed by atoms with van der Waals surface area (Å²) in [5.41, 5.74) is 6.11. The van der Waals surface area contributed by atoms with Gasteiger partial charge in [-0.1, -0.05) is 42.5 Å². The van der Waals surface area contributed by atoms with Gasteiger partial charge in [0.05, 0.1) is 19.4 Å². The number of nitrogens with one attached hydrogen (secondary N) is 1. The number of carbonyl (C=O) groups is 1. The molecule has 188 valence electrons. The zero-order valence-corrected chi connectivity index (χ0v) is 20.8. The van der Waals surface area contributed by atoms with Crippen LogP contribution < -0.4 is 5.32 Å². The Labute approximate surface area is 217 Å². The minimum absolute atomic E-state index is 0.186. The number of benzene rings is 2. The molecule has 1 fully saturated rings. The molecule has 2 aromatic carbocycles. The van der Waals surface area contributed by atoms with Crippen molar-refractivity contribution in [1.29, 1.82) is 0 Å². The van der Waals surface area contributed by atoms with Crippen molar-refractivity contribution in [2.75, 3.05) is 31.6 Å². The first-order chi connectivity index (χ1) is 18.2. The molecule has 4 aromatic rings. The Kier molecular flexibility index (Phi) is 8.15. The van der Waals surface area contributed by atoms with Crippen LogP contribution in [0, 0.1) is 0 Å². The molecule has 0 atom stereocenters. The van der Waals surface area contributed by atoms with E-state index in [0.29, 0.717) is 0 Å².